The van der Waals surface area contributed by atoms with Crippen LogP contribution in [0.5, 0.6) is 0 Å². The standard InChI is InChI=1S/C23H30N6O2/c1-16-24-7-9-27(16)10-8-25-23(31)18-5-6-21(26-12-18)28-13-17-11-19(15-28)20-3-2-4-22(30)29(20)14-17/h5-7,9,12,17,19-20H,2-4,8,10-11,13-15H2,1H3,(H,25,31)/t17-,19-,20-/m1/s1. The predicted molar refractivity (Wildman–Crippen MR) is 117 cm³/mol. The number of amides is 2. The van der Waals surface area contributed by atoms with Gasteiger partial charge in [-0.2, -0.15) is 0 Å². The van der Waals surface area contributed by atoms with E-state index in [0.29, 0.717) is 48.9 Å². The molecule has 2 aromatic heterocycles. The lowest BCUT2D eigenvalue weighted by atomic mass is 9.76. The van der Waals surface area contributed by atoms with Gasteiger partial charge in [0.15, 0.2) is 0 Å². The number of hydrogen-bond donors (Lipinski definition) is 1. The largest absolute Gasteiger partial charge is 0.356 e. The van der Waals surface area contributed by atoms with E-state index < -0.39 is 0 Å². The summed E-state index contributed by atoms with van der Waals surface area (Å²) in [4.78, 5) is 38.1. The first-order chi connectivity index (χ1) is 15.1. The lowest BCUT2D eigenvalue weighted by Crippen LogP contribution is -2.60. The molecular formula is C23H30N6O2. The van der Waals surface area contributed by atoms with Gasteiger partial charge >= 0.3 is 0 Å². The first-order valence-corrected chi connectivity index (χ1v) is 11.3. The van der Waals surface area contributed by atoms with Crippen molar-refractivity contribution in [1.82, 2.24) is 24.8 Å². The second-order valence-corrected chi connectivity index (χ2v) is 9.10. The van der Waals surface area contributed by atoms with Gasteiger partial charge in [-0.3, -0.25) is 9.59 Å². The Kier molecular flexibility index (Phi) is 5.38. The smallest absolute Gasteiger partial charge is 0.252 e. The Morgan fingerprint density at radius 1 is 1.23 bits per heavy atom. The molecule has 0 spiro atoms. The molecule has 3 fully saturated rings. The van der Waals surface area contributed by atoms with Gasteiger partial charge in [-0.1, -0.05) is 0 Å². The highest BCUT2D eigenvalue weighted by Gasteiger charge is 2.44. The molecule has 2 bridgehead atoms. The normalized spacial score (nSPS) is 25.3. The molecule has 5 heterocycles. The second kappa shape index (κ2) is 8.32. The van der Waals surface area contributed by atoms with Crippen LogP contribution < -0.4 is 10.2 Å². The van der Waals surface area contributed by atoms with Gasteiger partial charge < -0.3 is 19.7 Å². The average Bonchev–Trinajstić information content (AvgIpc) is 3.19. The number of carbonyl (C=O) groups is 2. The molecule has 3 atom stereocenters. The van der Waals surface area contributed by atoms with Gasteiger partial charge in [-0.05, 0) is 50.2 Å². The monoisotopic (exact) mass is 422 g/mol. The quantitative estimate of drug-likeness (QED) is 0.795. The number of fused-ring (bicyclic) bond motifs is 4. The lowest BCUT2D eigenvalue weighted by molar-refractivity contribution is -0.142. The van der Waals surface area contributed by atoms with Crippen molar-refractivity contribution in [3.05, 3.63) is 42.1 Å². The highest BCUT2D eigenvalue weighted by atomic mass is 16.2. The minimum absolute atomic E-state index is 0.108. The van der Waals surface area contributed by atoms with Crippen molar-refractivity contribution in [3.8, 4) is 0 Å². The van der Waals surface area contributed by atoms with Crippen LogP contribution in [0.2, 0.25) is 0 Å². The molecule has 0 aromatic carbocycles. The third kappa shape index (κ3) is 4.03. The molecule has 1 N–H and O–H groups in total. The Morgan fingerprint density at radius 2 is 2.13 bits per heavy atom. The van der Waals surface area contributed by atoms with Crippen molar-refractivity contribution < 1.29 is 9.59 Å². The summed E-state index contributed by atoms with van der Waals surface area (Å²) in [5.74, 6) is 3.13. The average molecular weight is 423 g/mol. The minimum atomic E-state index is -0.108. The number of anilines is 1. The van der Waals surface area contributed by atoms with Gasteiger partial charge in [0.25, 0.3) is 5.91 Å². The van der Waals surface area contributed by atoms with Crippen molar-refractivity contribution in [2.45, 2.75) is 45.2 Å². The summed E-state index contributed by atoms with van der Waals surface area (Å²) in [6.07, 6.45) is 9.42. The van der Waals surface area contributed by atoms with Crippen LogP contribution in [-0.4, -0.2) is 63.5 Å². The molecule has 5 rings (SSSR count). The molecule has 3 saturated heterocycles. The van der Waals surface area contributed by atoms with E-state index in [9.17, 15) is 9.59 Å². The topological polar surface area (TPSA) is 83.4 Å². The maximum absolute atomic E-state index is 12.5. The fraction of sp³-hybridized carbons (Fsp3) is 0.565. The fourth-order valence-corrected chi connectivity index (χ4v) is 5.54. The number of hydrogen-bond acceptors (Lipinski definition) is 5. The minimum Gasteiger partial charge on any atom is -0.356 e. The zero-order chi connectivity index (χ0) is 21.4. The summed E-state index contributed by atoms with van der Waals surface area (Å²) >= 11 is 0. The molecule has 2 aromatic rings. The lowest BCUT2D eigenvalue weighted by Gasteiger charge is -2.52. The molecule has 8 heteroatoms. The maximum atomic E-state index is 12.5. The molecule has 3 aliphatic heterocycles. The van der Waals surface area contributed by atoms with Crippen LogP contribution in [0, 0.1) is 18.8 Å². The van der Waals surface area contributed by atoms with Crippen LogP contribution in [0.1, 0.15) is 41.9 Å². The SMILES string of the molecule is Cc1nccn1CCNC(=O)c1ccc(N2C[C@H]3C[C@H](C2)[C@H]2CCCC(=O)N2C3)nc1. The maximum Gasteiger partial charge on any atom is 0.252 e. The van der Waals surface area contributed by atoms with Crippen LogP contribution in [0.25, 0.3) is 0 Å². The summed E-state index contributed by atoms with van der Waals surface area (Å²) in [6, 6.07) is 4.21. The van der Waals surface area contributed by atoms with Crippen molar-refractivity contribution >= 4 is 17.6 Å². The predicted octanol–water partition coefficient (Wildman–Crippen LogP) is 1.85. The zero-order valence-electron chi connectivity index (χ0n) is 18.0. The van der Waals surface area contributed by atoms with E-state index in [2.05, 4.69) is 25.1 Å². The summed E-state index contributed by atoms with van der Waals surface area (Å²) < 4.78 is 2.01. The van der Waals surface area contributed by atoms with E-state index in [-0.39, 0.29) is 5.91 Å². The van der Waals surface area contributed by atoms with Crippen LogP contribution in [-0.2, 0) is 11.3 Å². The Balaban J connectivity index is 1.19. The van der Waals surface area contributed by atoms with E-state index in [4.69, 9.17) is 0 Å². The van der Waals surface area contributed by atoms with Crippen molar-refractivity contribution in [2.75, 3.05) is 31.1 Å². The van der Waals surface area contributed by atoms with Crippen LogP contribution in [0.15, 0.2) is 30.7 Å². The molecule has 164 valence electrons. The van der Waals surface area contributed by atoms with Gasteiger partial charge in [0, 0.05) is 63.8 Å². The number of nitrogens with zero attached hydrogens (tertiary/aromatic N) is 5. The molecule has 0 unspecified atom stereocenters. The zero-order valence-corrected chi connectivity index (χ0v) is 18.0. The molecular weight excluding hydrogens is 392 g/mol. The molecule has 31 heavy (non-hydrogen) atoms. The van der Waals surface area contributed by atoms with Gasteiger partial charge in [-0.15, -0.1) is 0 Å². The van der Waals surface area contributed by atoms with Crippen LogP contribution in [0.3, 0.4) is 0 Å². The third-order valence-electron chi connectivity index (χ3n) is 7.08. The van der Waals surface area contributed by atoms with Crippen molar-refractivity contribution in [3.63, 3.8) is 0 Å². The van der Waals surface area contributed by atoms with Gasteiger partial charge in [-0.25, -0.2) is 9.97 Å². The Bertz CT molecular complexity index is 955. The summed E-state index contributed by atoms with van der Waals surface area (Å²) in [5, 5.41) is 2.95. The van der Waals surface area contributed by atoms with Gasteiger partial charge in [0.2, 0.25) is 5.91 Å². The number of piperidine rings is 3. The van der Waals surface area contributed by atoms with E-state index >= 15 is 0 Å². The Morgan fingerprint density at radius 3 is 2.90 bits per heavy atom. The molecule has 3 aliphatic rings. The molecule has 0 saturated carbocycles. The number of carbonyl (C=O) groups excluding carboxylic acids is 2. The van der Waals surface area contributed by atoms with Crippen LogP contribution in [0.4, 0.5) is 5.82 Å². The number of rotatable bonds is 5. The van der Waals surface area contributed by atoms with Gasteiger partial charge in [0.1, 0.15) is 11.6 Å². The number of pyridine rings is 1. The highest BCUT2D eigenvalue weighted by molar-refractivity contribution is 5.94. The van der Waals surface area contributed by atoms with Crippen molar-refractivity contribution in [1.29, 1.82) is 0 Å². The number of nitrogens with one attached hydrogen (secondary N) is 1. The number of imidazole rings is 1. The summed E-state index contributed by atoms with van der Waals surface area (Å²) in [7, 11) is 0. The molecule has 0 radical (unpaired) electrons. The van der Waals surface area contributed by atoms with E-state index in [0.717, 1.165) is 44.1 Å². The van der Waals surface area contributed by atoms with Gasteiger partial charge in [0.05, 0.1) is 5.56 Å². The fourth-order valence-electron chi connectivity index (χ4n) is 5.54. The summed E-state index contributed by atoms with van der Waals surface area (Å²) in [5.41, 5.74) is 0.576. The van der Waals surface area contributed by atoms with E-state index in [1.54, 1.807) is 12.4 Å². The highest BCUT2D eigenvalue weighted by Crippen LogP contribution is 2.38. The van der Waals surface area contributed by atoms with E-state index in [1.165, 1.54) is 6.42 Å². The second-order valence-electron chi connectivity index (χ2n) is 9.10. The van der Waals surface area contributed by atoms with Crippen LogP contribution >= 0.6 is 0 Å². The number of aryl methyl sites for hydroxylation is 1. The molecule has 2 amide bonds. The first-order valence-electron chi connectivity index (χ1n) is 11.3. The molecule has 0 aliphatic carbocycles. The van der Waals surface area contributed by atoms with Crippen molar-refractivity contribution in [2.24, 2.45) is 11.8 Å². The third-order valence-corrected chi connectivity index (χ3v) is 7.08. The Hall–Kier alpha value is -2.90. The van der Waals surface area contributed by atoms with E-state index in [1.807, 2.05) is 29.8 Å². The molecule has 8 nitrogen and oxygen atoms in total. The Labute approximate surface area is 182 Å². The first kappa shape index (κ1) is 20.0. The number of aromatic nitrogens is 3. The summed E-state index contributed by atoms with van der Waals surface area (Å²) in [6.45, 7) is 5.93.